The lowest BCUT2D eigenvalue weighted by Crippen LogP contribution is -2.24. The van der Waals surface area contributed by atoms with Crippen LogP contribution in [0.4, 0.5) is 0 Å². The molecule has 4 nitrogen and oxygen atoms in total. The summed E-state index contributed by atoms with van der Waals surface area (Å²) >= 11 is 0. The van der Waals surface area contributed by atoms with Crippen molar-refractivity contribution in [2.24, 2.45) is 0 Å². The molecule has 0 saturated carbocycles. The molecule has 1 aliphatic carbocycles. The number of hydrogen-bond acceptors (Lipinski definition) is 3. The van der Waals surface area contributed by atoms with Gasteiger partial charge in [-0.25, -0.2) is 0 Å². The molecule has 0 fully saturated rings. The predicted octanol–water partition coefficient (Wildman–Crippen LogP) is 7.37. The minimum absolute atomic E-state index is 0.0913. The summed E-state index contributed by atoms with van der Waals surface area (Å²) in [5.74, 6) is 2.01. The van der Waals surface area contributed by atoms with Crippen LogP contribution >= 0.6 is 0 Å². The van der Waals surface area contributed by atoms with Gasteiger partial charge in [0.15, 0.2) is 0 Å². The van der Waals surface area contributed by atoms with E-state index in [1.54, 1.807) is 13.2 Å². The number of carbonyl (C=O) groups excluding carboxylic acids is 1. The Morgan fingerprint density at radius 1 is 1.03 bits per heavy atom. The Kier molecular flexibility index (Phi) is 7.45. The van der Waals surface area contributed by atoms with Crippen LogP contribution in [0.15, 0.2) is 77.2 Å². The molecule has 0 radical (unpaired) electrons. The number of carbonyl (C=O) groups is 1. The highest BCUT2D eigenvalue weighted by Gasteiger charge is 2.23. The van der Waals surface area contributed by atoms with Crippen molar-refractivity contribution in [3.8, 4) is 5.75 Å². The number of rotatable bonds is 8. The summed E-state index contributed by atoms with van der Waals surface area (Å²) < 4.78 is 12.0. The number of ether oxygens (including phenoxy) is 1. The molecule has 1 heterocycles. The van der Waals surface area contributed by atoms with E-state index in [4.69, 9.17) is 9.15 Å². The Hall–Kier alpha value is -3.79. The van der Waals surface area contributed by atoms with E-state index in [2.05, 4.69) is 59.9 Å². The Labute approximate surface area is 219 Å². The van der Waals surface area contributed by atoms with E-state index in [0.717, 1.165) is 58.4 Å². The van der Waals surface area contributed by atoms with Gasteiger partial charge in [-0.1, -0.05) is 60.7 Å². The number of benzene rings is 3. The summed E-state index contributed by atoms with van der Waals surface area (Å²) in [6, 6.07) is 23.1. The number of methoxy groups -OCH3 is 1. The van der Waals surface area contributed by atoms with Crippen LogP contribution in [0, 0.1) is 6.92 Å². The van der Waals surface area contributed by atoms with Crippen molar-refractivity contribution in [2.75, 3.05) is 13.7 Å². The van der Waals surface area contributed by atoms with Crippen molar-refractivity contribution in [3.05, 3.63) is 106 Å². The molecule has 0 spiro atoms. The Morgan fingerprint density at radius 3 is 2.32 bits per heavy atom. The van der Waals surface area contributed by atoms with Crippen LogP contribution in [0.1, 0.15) is 65.7 Å². The first-order chi connectivity index (χ1) is 18.1. The van der Waals surface area contributed by atoms with E-state index in [1.807, 2.05) is 26.0 Å². The molecule has 5 rings (SSSR count). The number of aryl methyl sites for hydroxylation is 3. The van der Waals surface area contributed by atoms with E-state index in [-0.39, 0.29) is 11.8 Å². The zero-order valence-corrected chi connectivity index (χ0v) is 22.0. The van der Waals surface area contributed by atoms with Crippen LogP contribution in [0.3, 0.4) is 0 Å². The highest BCUT2D eigenvalue weighted by molar-refractivity contribution is 5.98. The Morgan fingerprint density at radius 2 is 1.68 bits per heavy atom. The molecule has 4 heteroatoms. The van der Waals surface area contributed by atoms with Crippen molar-refractivity contribution in [1.82, 2.24) is 5.32 Å². The van der Waals surface area contributed by atoms with Gasteiger partial charge >= 0.3 is 0 Å². The maximum absolute atomic E-state index is 13.0. The molecule has 0 aliphatic heterocycles. The zero-order chi connectivity index (χ0) is 25.8. The van der Waals surface area contributed by atoms with Gasteiger partial charge < -0.3 is 14.5 Å². The summed E-state index contributed by atoms with van der Waals surface area (Å²) in [6.07, 6.45) is 6.90. The molecule has 37 heavy (non-hydrogen) atoms. The zero-order valence-electron chi connectivity index (χ0n) is 22.0. The standard InChI is InChI=1S/C33H35NO3/c1-22(28-21-29-27-16-10-11-17-30(27)37-33(29)23(2)32(28)36-3)20-31(35)34-19-18-26(24-12-6-4-7-13-24)25-14-8-5-9-15-25/h4-9,12-15,20-21,26H,10-11,16-19H2,1-3H3,(H,34,35)/b22-20+. The lowest BCUT2D eigenvalue weighted by atomic mass is 9.88. The van der Waals surface area contributed by atoms with Gasteiger partial charge in [0.05, 0.1) is 7.11 Å². The van der Waals surface area contributed by atoms with Gasteiger partial charge in [-0.15, -0.1) is 0 Å². The van der Waals surface area contributed by atoms with Crippen LogP contribution in [0.5, 0.6) is 5.75 Å². The third kappa shape index (κ3) is 5.20. The molecule has 1 N–H and O–H groups in total. The molecule has 1 aliphatic rings. The normalized spacial score (nSPS) is 13.6. The van der Waals surface area contributed by atoms with Crippen molar-refractivity contribution in [1.29, 1.82) is 0 Å². The average molecular weight is 494 g/mol. The second-order valence-corrected chi connectivity index (χ2v) is 9.95. The van der Waals surface area contributed by atoms with Gasteiger partial charge in [0, 0.05) is 47.0 Å². The van der Waals surface area contributed by atoms with Crippen LogP contribution in [-0.2, 0) is 17.6 Å². The first-order valence-electron chi connectivity index (χ1n) is 13.2. The monoisotopic (exact) mass is 493 g/mol. The maximum Gasteiger partial charge on any atom is 0.244 e. The van der Waals surface area contributed by atoms with Gasteiger partial charge in [0.1, 0.15) is 17.1 Å². The molecular weight excluding hydrogens is 458 g/mol. The van der Waals surface area contributed by atoms with E-state index in [0.29, 0.717) is 6.54 Å². The largest absolute Gasteiger partial charge is 0.496 e. The Balaban J connectivity index is 1.34. The fourth-order valence-corrected chi connectivity index (χ4v) is 5.65. The lowest BCUT2D eigenvalue weighted by molar-refractivity contribution is -0.116. The van der Waals surface area contributed by atoms with Crippen LogP contribution in [0.25, 0.3) is 16.5 Å². The van der Waals surface area contributed by atoms with Gasteiger partial charge in [-0.05, 0) is 62.3 Å². The first-order valence-corrected chi connectivity index (χ1v) is 13.2. The SMILES string of the molecule is COc1c(/C(C)=C/C(=O)NCCC(c2ccccc2)c2ccccc2)cc2c3c(oc2c1C)CCCC3. The van der Waals surface area contributed by atoms with E-state index >= 15 is 0 Å². The smallest absolute Gasteiger partial charge is 0.244 e. The van der Waals surface area contributed by atoms with Crippen molar-refractivity contribution in [2.45, 2.75) is 51.9 Å². The molecule has 3 aromatic carbocycles. The summed E-state index contributed by atoms with van der Waals surface area (Å²) in [4.78, 5) is 13.0. The van der Waals surface area contributed by atoms with E-state index < -0.39 is 0 Å². The van der Waals surface area contributed by atoms with Gasteiger partial charge in [0.2, 0.25) is 5.91 Å². The maximum atomic E-state index is 13.0. The van der Waals surface area contributed by atoms with Crippen molar-refractivity contribution in [3.63, 3.8) is 0 Å². The highest BCUT2D eigenvalue weighted by atomic mass is 16.5. The third-order valence-electron chi connectivity index (χ3n) is 7.54. The summed E-state index contributed by atoms with van der Waals surface area (Å²) in [6.45, 7) is 4.60. The molecule has 1 amide bonds. The van der Waals surface area contributed by atoms with Crippen LogP contribution in [0.2, 0.25) is 0 Å². The first kappa shape index (κ1) is 24.9. The summed E-state index contributed by atoms with van der Waals surface area (Å²) in [5, 5.41) is 4.27. The molecule has 0 bridgehead atoms. The topological polar surface area (TPSA) is 51.5 Å². The predicted molar refractivity (Wildman–Crippen MR) is 150 cm³/mol. The lowest BCUT2D eigenvalue weighted by Gasteiger charge is -2.18. The number of amides is 1. The van der Waals surface area contributed by atoms with E-state index in [1.165, 1.54) is 29.5 Å². The number of furan rings is 1. The van der Waals surface area contributed by atoms with Gasteiger partial charge in [-0.3, -0.25) is 4.79 Å². The molecule has 0 unspecified atom stereocenters. The minimum atomic E-state index is -0.0913. The molecule has 0 saturated heterocycles. The second-order valence-electron chi connectivity index (χ2n) is 9.95. The van der Waals surface area contributed by atoms with E-state index in [9.17, 15) is 4.79 Å². The van der Waals surface area contributed by atoms with Gasteiger partial charge in [0.25, 0.3) is 0 Å². The molecular formula is C33H35NO3. The van der Waals surface area contributed by atoms with Crippen LogP contribution in [-0.4, -0.2) is 19.6 Å². The van der Waals surface area contributed by atoms with Crippen LogP contribution < -0.4 is 10.1 Å². The average Bonchev–Trinajstić information content (AvgIpc) is 3.31. The quantitative estimate of drug-likeness (QED) is 0.261. The molecule has 1 aromatic heterocycles. The number of allylic oxidation sites excluding steroid dienone is 1. The highest BCUT2D eigenvalue weighted by Crippen LogP contribution is 2.41. The second kappa shape index (κ2) is 11.1. The fraction of sp³-hybridized carbons (Fsp3) is 0.303. The third-order valence-corrected chi connectivity index (χ3v) is 7.54. The van der Waals surface area contributed by atoms with Crippen molar-refractivity contribution >= 4 is 22.4 Å². The fourth-order valence-electron chi connectivity index (χ4n) is 5.65. The number of nitrogens with one attached hydrogen (secondary N) is 1. The van der Waals surface area contributed by atoms with Crippen molar-refractivity contribution < 1.29 is 13.9 Å². The summed E-state index contributed by atoms with van der Waals surface area (Å²) in [5.41, 5.74) is 7.57. The minimum Gasteiger partial charge on any atom is -0.496 e. The molecule has 0 atom stereocenters. The molecule has 190 valence electrons. The van der Waals surface area contributed by atoms with Gasteiger partial charge in [-0.2, -0.15) is 0 Å². The Bertz CT molecular complexity index is 1380. The number of hydrogen-bond donors (Lipinski definition) is 1. The number of fused-ring (bicyclic) bond motifs is 3. The summed E-state index contributed by atoms with van der Waals surface area (Å²) in [7, 11) is 1.68. The molecule has 4 aromatic rings.